The Hall–Kier alpha value is -2.21. The number of hydrogen-bond acceptors (Lipinski definition) is 5. The third-order valence-corrected chi connectivity index (χ3v) is 4.20. The van der Waals surface area contributed by atoms with E-state index in [0.717, 1.165) is 11.1 Å². The molecule has 2 unspecified atom stereocenters. The minimum absolute atomic E-state index is 0.129. The lowest BCUT2D eigenvalue weighted by atomic mass is 9.84. The highest BCUT2D eigenvalue weighted by Crippen LogP contribution is 2.23. The van der Waals surface area contributed by atoms with Crippen molar-refractivity contribution in [1.29, 1.82) is 0 Å². The zero-order chi connectivity index (χ0) is 18.3. The van der Waals surface area contributed by atoms with Crippen molar-refractivity contribution < 1.29 is 24.9 Å². The molecular formula is C20H24O5. The van der Waals surface area contributed by atoms with Gasteiger partial charge < -0.3 is 20.1 Å². The molecule has 0 saturated carbocycles. The van der Waals surface area contributed by atoms with Gasteiger partial charge in [0.2, 0.25) is 0 Å². The Morgan fingerprint density at radius 2 is 1.32 bits per heavy atom. The van der Waals surface area contributed by atoms with Crippen LogP contribution in [0.25, 0.3) is 0 Å². The average Bonchev–Trinajstić information content (AvgIpc) is 2.61. The SMILES string of the molecule is CC(=O)OCC(O)(C(O)Cc1ccccc1)C(O)Cc1ccccc1. The molecule has 0 bridgehead atoms. The molecule has 0 spiro atoms. The predicted octanol–water partition coefficient (Wildman–Crippen LogP) is 1.49. The number of hydrogen-bond donors (Lipinski definition) is 3. The van der Waals surface area contributed by atoms with Crippen molar-refractivity contribution >= 4 is 5.97 Å². The summed E-state index contributed by atoms with van der Waals surface area (Å²) in [5.74, 6) is -0.586. The molecule has 2 rings (SSSR count). The molecule has 5 heteroatoms. The number of esters is 1. The molecule has 25 heavy (non-hydrogen) atoms. The van der Waals surface area contributed by atoms with E-state index in [9.17, 15) is 20.1 Å². The van der Waals surface area contributed by atoms with Crippen LogP contribution in [0.5, 0.6) is 0 Å². The lowest BCUT2D eigenvalue weighted by Gasteiger charge is -2.36. The Bertz CT molecular complexity index is 609. The molecule has 2 aromatic rings. The summed E-state index contributed by atoms with van der Waals surface area (Å²) < 4.78 is 4.92. The van der Waals surface area contributed by atoms with Crippen molar-refractivity contribution in [3.63, 3.8) is 0 Å². The van der Waals surface area contributed by atoms with Gasteiger partial charge in [-0.1, -0.05) is 60.7 Å². The number of carbonyl (C=O) groups is 1. The molecule has 0 heterocycles. The summed E-state index contributed by atoms with van der Waals surface area (Å²) in [5, 5.41) is 32.1. The van der Waals surface area contributed by atoms with E-state index in [1.54, 1.807) is 0 Å². The van der Waals surface area contributed by atoms with Gasteiger partial charge in [0.25, 0.3) is 0 Å². The standard InChI is InChI=1S/C20H24O5/c1-15(21)25-14-20(24,18(22)12-16-8-4-2-5-9-16)19(23)13-17-10-6-3-7-11-17/h2-11,18-19,22-24H,12-14H2,1H3. The zero-order valence-electron chi connectivity index (χ0n) is 14.2. The maximum absolute atomic E-state index is 11.2. The summed E-state index contributed by atoms with van der Waals surface area (Å²) in [4.78, 5) is 11.2. The first kappa shape index (κ1) is 19.1. The number of aliphatic hydroxyl groups excluding tert-OH is 2. The van der Waals surface area contributed by atoms with Crippen LogP contribution in [-0.4, -0.2) is 45.7 Å². The number of ether oxygens (including phenoxy) is 1. The number of rotatable bonds is 8. The second-order valence-electron chi connectivity index (χ2n) is 6.18. The molecule has 0 aliphatic rings. The normalized spacial score (nSPS) is 15.8. The van der Waals surface area contributed by atoms with Crippen LogP contribution in [-0.2, 0) is 22.4 Å². The molecule has 3 N–H and O–H groups in total. The van der Waals surface area contributed by atoms with E-state index in [0.29, 0.717) is 0 Å². The van der Waals surface area contributed by atoms with E-state index in [4.69, 9.17) is 4.74 Å². The molecule has 0 aromatic heterocycles. The fourth-order valence-corrected chi connectivity index (χ4v) is 2.66. The maximum Gasteiger partial charge on any atom is 0.302 e. The van der Waals surface area contributed by atoms with Crippen molar-refractivity contribution in [1.82, 2.24) is 0 Å². The van der Waals surface area contributed by atoms with Gasteiger partial charge in [0.05, 0.1) is 12.2 Å². The van der Waals surface area contributed by atoms with Crippen LogP contribution < -0.4 is 0 Å². The highest BCUT2D eigenvalue weighted by atomic mass is 16.5. The van der Waals surface area contributed by atoms with Crippen molar-refractivity contribution in [3.05, 3.63) is 71.8 Å². The largest absolute Gasteiger partial charge is 0.463 e. The summed E-state index contributed by atoms with van der Waals surface area (Å²) in [6, 6.07) is 18.3. The highest BCUT2D eigenvalue weighted by molar-refractivity contribution is 5.66. The first-order chi connectivity index (χ1) is 11.9. The van der Waals surface area contributed by atoms with Gasteiger partial charge in [0.15, 0.2) is 5.60 Å². The predicted molar refractivity (Wildman–Crippen MR) is 93.9 cm³/mol. The number of aliphatic hydroxyl groups is 3. The maximum atomic E-state index is 11.2. The molecule has 0 aliphatic carbocycles. The Morgan fingerprint density at radius 3 is 1.68 bits per heavy atom. The van der Waals surface area contributed by atoms with Crippen LogP contribution in [0.15, 0.2) is 60.7 Å². The Labute approximate surface area is 147 Å². The quantitative estimate of drug-likeness (QED) is 0.632. The third kappa shape index (κ3) is 5.39. The van der Waals surface area contributed by atoms with Crippen LogP contribution in [0.3, 0.4) is 0 Å². The van der Waals surface area contributed by atoms with Crippen molar-refractivity contribution in [2.45, 2.75) is 37.6 Å². The lowest BCUT2D eigenvalue weighted by molar-refractivity contribution is -0.184. The highest BCUT2D eigenvalue weighted by Gasteiger charge is 2.44. The third-order valence-electron chi connectivity index (χ3n) is 4.20. The molecule has 0 amide bonds. The van der Waals surface area contributed by atoms with Crippen LogP contribution in [0.4, 0.5) is 0 Å². The minimum atomic E-state index is -1.97. The fraction of sp³-hybridized carbons (Fsp3) is 0.350. The molecule has 0 saturated heterocycles. The fourth-order valence-electron chi connectivity index (χ4n) is 2.66. The van der Waals surface area contributed by atoms with Gasteiger partial charge in [0.1, 0.15) is 6.61 Å². The molecule has 0 fully saturated rings. The second kappa shape index (κ2) is 8.76. The first-order valence-electron chi connectivity index (χ1n) is 8.21. The summed E-state index contributed by atoms with van der Waals surface area (Å²) in [7, 11) is 0. The average molecular weight is 344 g/mol. The van der Waals surface area contributed by atoms with Gasteiger partial charge >= 0.3 is 5.97 Å². The van der Waals surface area contributed by atoms with E-state index < -0.39 is 30.4 Å². The van der Waals surface area contributed by atoms with Gasteiger partial charge in [-0.3, -0.25) is 4.79 Å². The zero-order valence-corrected chi connectivity index (χ0v) is 14.2. The molecule has 2 atom stereocenters. The summed E-state index contributed by atoms with van der Waals surface area (Å²) in [5.41, 5.74) is -0.358. The minimum Gasteiger partial charge on any atom is -0.463 e. The van der Waals surface area contributed by atoms with Gasteiger partial charge in [-0.2, -0.15) is 0 Å². The van der Waals surface area contributed by atoms with Crippen LogP contribution in [0.2, 0.25) is 0 Å². The number of benzene rings is 2. The summed E-state index contributed by atoms with van der Waals surface area (Å²) >= 11 is 0. The van der Waals surface area contributed by atoms with Crippen LogP contribution >= 0.6 is 0 Å². The summed E-state index contributed by atoms with van der Waals surface area (Å²) in [6.07, 6.45) is -2.34. The van der Waals surface area contributed by atoms with Crippen molar-refractivity contribution in [2.24, 2.45) is 0 Å². The smallest absolute Gasteiger partial charge is 0.302 e. The topological polar surface area (TPSA) is 87.0 Å². The van der Waals surface area contributed by atoms with Gasteiger partial charge in [-0.05, 0) is 11.1 Å². The van der Waals surface area contributed by atoms with Crippen molar-refractivity contribution in [2.75, 3.05) is 6.61 Å². The summed E-state index contributed by atoms with van der Waals surface area (Å²) in [6.45, 7) is 0.734. The van der Waals surface area contributed by atoms with Gasteiger partial charge in [-0.15, -0.1) is 0 Å². The molecular weight excluding hydrogens is 320 g/mol. The molecule has 0 radical (unpaired) electrons. The van der Waals surface area contributed by atoms with E-state index in [-0.39, 0.29) is 12.8 Å². The van der Waals surface area contributed by atoms with E-state index in [1.165, 1.54) is 6.92 Å². The van der Waals surface area contributed by atoms with E-state index in [1.807, 2.05) is 60.7 Å². The van der Waals surface area contributed by atoms with E-state index >= 15 is 0 Å². The molecule has 0 aliphatic heterocycles. The first-order valence-corrected chi connectivity index (χ1v) is 8.21. The molecule has 134 valence electrons. The van der Waals surface area contributed by atoms with E-state index in [2.05, 4.69) is 0 Å². The Kier molecular flexibility index (Phi) is 6.70. The van der Waals surface area contributed by atoms with Gasteiger partial charge in [0, 0.05) is 19.8 Å². The monoisotopic (exact) mass is 344 g/mol. The Balaban J connectivity index is 2.17. The molecule has 5 nitrogen and oxygen atoms in total. The van der Waals surface area contributed by atoms with Crippen LogP contribution in [0.1, 0.15) is 18.1 Å². The molecule has 2 aromatic carbocycles. The number of carbonyl (C=O) groups excluding carboxylic acids is 1. The lowest BCUT2D eigenvalue weighted by Crippen LogP contribution is -2.57. The van der Waals surface area contributed by atoms with Gasteiger partial charge in [-0.25, -0.2) is 0 Å². The van der Waals surface area contributed by atoms with Crippen molar-refractivity contribution in [3.8, 4) is 0 Å². The van der Waals surface area contributed by atoms with Crippen LogP contribution in [0, 0.1) is 0 Å². The second-order valence-corrected chi connectivity index (χ2v) is 6.18. The Morgan fingerprint density at radius 1 is 0.920 bits per heavy atom.